The highest BCUT2D eigenvalue weighted by molar-refractivity contribution is 9.10. The molecule has 29 heavy (non-hydrogen) atoms. The highest BCUT2D eigenvalue weighted by Gasteiger charge is 2.28. The lowest BCUT2D eigenvalue weighted by molar-refractivity contribution is 0.0191. The van der Waals surface area contributed by atoms with E-state index in [2.05, 4.69) is 31.5 Å². The van der Waals surface area contributed by atoms with Crippen molar-refractivity contribution in [1.29, 1.82) is 0 Å². The molecule has 0 aliphatic carbocycles. The third kappa shape index (κ3) is 6.43. The van der Waals surface area contributed by atoms with Gasteiger partial charge in [0.25, 0.3) is 0 Å². The van der Waals surface area contributed by atoms with E-state index in [-0.39, 0.29) is 18.2 Å². The molecule has 1 saturated heterocycles. The number of nitrogens with zero attached hydrogens (tertiary/aromatic N) is 2. The Bertz CT molecular complexity index is 863. The number of anilines is 1. The van der Waals surface area contributed by atoms with Gasteiger partial charge in [-0.2, -0.15) is 0 Å². The van der Waals surface area contributed by atoms with E-state index in [4.69, 9.17) is 4.74 Å². The van der Waals surface area contributed by atoms with Gasteiger partial charge in [0, 0.05) is 34.5 Å². The van der Waals surface area contributed by atoms with Crippen molar-refractivity contribution < 1.29 is 14.3 Å². The zero-order chi connectivity index (χ0) is 21.0. The van der Waals surface area contributed by atoms with Crippen LogP contribution < -0.4 is 10.6 Å². The maximum absolute atomic E-state index is 12.4. The molecule has 9 heteroatoms. The van der Waals surface area contributed by atoms with Crippen LogP contribution in [0.3, 0.4) is 0 Å². The van der Waals surface area contributed by atoms with Crippen LogP contribution in [-0.2, 0) is 4.74 Å². The Morgan fingerprint density at radius 2 is 2.00 bits per heavy atom. The van der Waals surface area contributed by atoms with E-state index in [1.54, 1.807) is 4.90 Å². The van der Waals surface area contributed by atoms with Gasteiger partial charge in [-0.3, -0.25) is 5.32 Å². The predicted octanol–water partition coefficient (Wildman–Crippen LogP) is 5.09. The summed E-state index contributed by atoms with van der Waals surface area (Å²) in [4.78, 5) is 30.8. The van der Waals surface area contributed by atoms with Crippen molar-refractivity contribution >= 4 is 45.2 Å². The number of carbonyl (C=O) groups excluding carboxylic acids is 2. The van der Waals surface area contributed by atoms with E-state index in [0.717, 1.165) is 27.9 Å². The number of thiazole rings is 1. The van der Waals surface area contributed by atoms with Crippen LogP contribution in [-0.4, -0.2) is 46.7 Å². The molecule has 3 amide bonds. The van der Waals surface area contributed by atoms with Crippen LogP contribution in [0.15, 0.2) is 34.1 Å². The Kier molecular flexibility index (Phi) is 6.79. The van der Waals surface area contributed by atoms with Gasteiger partial charge >= 0.3 is 12.1 Å². The molecule has 1 atom stereocenters. The van der Waals surface area contributed by atoms with Crippen LogP contribution in [0.25, 0.3) is 10.6 Å². The predicted molar refractivity (Wildman–Crippen MR) is 118 cm³/mol. The molecule has 0 radical (unpaired) electrons. The molecule has 3 rings (SSSR count). The molecule has 1 aromatic carbocycles. The second kappa shape index (κ2) is 9.13. The minimum absolute atomic E-state index is 0.124. The fourth-order valence-electron chi connectivity index (χ4n) is 2.98. The summed E-state index contributed by atoms with van der Waals surface area (Å²) in [6, 6.07) is 7.40. The summed E-state index contributed by atoms with van der Waals surface area (Å²) in [6.45, 7) is 6.60. The van der Waals surface area contributed by atoms with Gasteiger partial charge in [-0.05, 0) is 45.7 Å². The monoisotopic (exact) mass is 480 g/mol. The Morgan fingerprint density at radius 3 is 2.69 bits per heavy atom. The van der Waals surface area contributed by atoms with Gasteiger partial charge in [0.15, 0.2) is 0 Å². The first-order valence-electron chi connectivity index (χ1n) is 9.46. The number of nitrogens with one attached hydrogen (secondary N) is 2. The van der Waals surface area contributed by atoms with E-state index in [1.807, 2.05) is 50.4 Å². The van der Waals surface area contributed by atoms with Crippen molar-refractivity contribution in [2.24, 2.45) is 0 Å². The number of benzene rings is 1. The number of amides is 3. The molecule has 1 aliphatic rings. The number of piperidine rings is 1. The third-order valence-corrected chi connectivity index (χ3v) is 5.67. The topological polar surface area (TPSA) is 83.6 Å². The number of aromatic nitrogens is 1. The average Bonchev–Trinajstić information content (AvgIpc) is 3.09. The van der Waals surface area contributed by atoms with Crippen molar-refractivity contribution in [3.63, 3.8) is 0 Å². The molecule has 0 spiro atoms. The van der Waals surface area contributed by atoms with E-state index < -0.39 is 5.60 Å². The zero-order valence-electron chi connectivity index (χ0n) is 16.7. The largest absolute Gasteiger partial charge is 0.444 e. The highest BCUT2D eigenvalue weighted by atomic mass is 79.9. The molecule has 2 N–H and O–H groups in total. The molecule has 7 nitrogen and oxygen atoms in total. The van der Waals surface area contributed by atoms with Gasteiger partial charge in [-0.15, -0.1) is 11.3 Å². The van der Waals surface area contributed by atoms with Crippen LogP contribution in [0.2, 0.25) is 0 Å². The Labute approximate surface area is 183 Å². The molecule has 0 saturated carbocycles. The van der Waals surface area contributed by atoms with Crippen molar-refractivity contribution in [2.45, 2.75) is 45.3 Å². The number of rotatable bonds is 3. The lowest BCUT2D eigenvalue weighted by atomic mass is 10.1. The number of halogens is 1. The van der Waals surface area contributed by atoms with Crippen molar-refractivity contribution in [2.75, 3.05) is 18.4 Å². The molecular weight excluding hydrogens is 456 g/mol. The Hall–Kier alpha value is -2.13. The number of hydrogen-bond donors (Lipinski definition) is 2. The first-order valence-corrected chi connectivity index (χ1v) is 11.1. The second-order valence-electron chi connectivity index (χ2n) is 7.91. The van der Waals surface area contributed by atoms with E-state index >= 15 is 0 Å². The molecule has 0 bridgehead atoms. The molecule has 1 fully saturated rings. The summed E-state index contributed by atoms with van der Waals surface area (Å²) >= 11 is 4.88. The molecule has 1 aromatic heterocycles. The number of likely N-dealkylation sites (tertiary alicyclic amines) is 1. The third-order valence-electron chi connectivity index (χ3n) is 4.25. The molecule has 1 aliphatic heterocycles. The summed E-state index contributed by atoms with van der Waals surface area (Å²) in [7, 11) is 0. The smallest absolute Gasteiger partial charge is 0.410 e. The van der Waals surface area contributed by atoms with Crippen molar-refractivity contribution in [3.05, 3.63) is 34.1 Å². The lowest BCUT2D eigenvalue weighted by Gasteiger charge is -2.34. The van der Waals surface area contributed by atoms with E-state index in [9.17, 15) is 9.59 Å². The van der Waals surface area contributed by atoms with Crippen LogP contribution in [0, 0.1) is 0 Å². The number of hydrogen-bond acceptors (Lipinski definition) is 5. The molecule has 156 valence electrons. The highest BCUT2D eigenvalue weighted by Crippen LogP contribution is 2.27. The van der Waals surface area contributed by atoms with Gasteiger partial charge in [0.1, 0.15) is 16.4 Å². The molecule has 2 heterocycles. The van der Waals surface area contributed by atoms with Crippen LogP contribution >= 0.6 is 27.3 Å². The Morgan fingerprint density at radius 1 is 1.28 bits per heavy atom. The summed E-state index contributed by atoms with van der Waals surface area (Å²) in [5.74, 6) is 0.505. The normalized spacial score (nSPS) is 17.0. The number of ether oxygens (including phenoxy) is 1. The fourth-order valence-corrected chi connectivity index (χ4v) is 4.00. The minimum Gasteiger partial charge on any atom is -0.444 e. The van der Waals surface area contributed by atoms with Gasteiger partial charge in [-0.1, -0.05) is 28.1 Å². The van der Waals surface area contributed by atoms with E-state index in [0.29, 0.717) is 18.9 Å². The van der Waals surface area contributed by atoms with E-state index in [1.165, 1.54) is 11.3 Å². The lowest BCUT2D eigenvalue weighted by Crippen LogP contribution is -2.51. The standard InChI is InChI=1S/C20H25BrN4O3S/c1-20(2,3)28-19(27)25-10-4-5-15(11-25)22-18(26)24-16-12-29-17(23-16)13-6-8-14(21)9-7-13/h6-9,12,15H,4-5,10-11H2,1-3H3,(H2,22,24,26)/t15-/m0/s1. The minimum atomic E-state index is -0.536. The first kappa shape index (κ1) is 21.6. The van der Waals surface area contributed by atoms with Crippen molar-refractivity contribution in [3.8, 4) is 10.6 Å². The summed E-state index contributed by atoms with van der Waals surface area (Å²) in [6.07, 6.45) is 1.28. The van der Waals surface area contributed by atoms with Gasteiger partial charge < -0.3 is 15.0 Å². The quantitative estimate of drug-likeness (QED) is 0.640. The van der Waals surface area contributed by atoms with Crippen molar-refractivity contribution in [1.82, 2.24) is 15.2 Å². The van der Waals surface area contributed by atoms with Gasteiger partial charge in [0.05, 0.1) is 0 Å². The molecule has 2 aromatic rings. The SMILES string of the molecule is CC(C)(C)OC(=O)N1CCC[C@H](NC(=O)Nc2csc(-c3ccc(Br)cc3)n2)C1. The maximum Gasteiger partial charge on any atom is 0.410 e. The maximum atomic E-state index is 12.4. The Balaban J connectivity index is 1.53. The number of carbonyl (C=O) groups is 2. The summed E-state index contributed by atoms with van der Waals surface area (Å²) < 4.78 is 6.43. The van der Waals surface area contributed by atoms with Gasteiger partial charge in [-0.25, -0.2) is 14.6 Å². The molecular formula is C20H25BrN4O3S. The average molecular weight is 481 g/mol. The van der Waals surface area contributed by atoms with Crippen LogP contribution in [0.4, 0.5) is 15.4 Å². The van der Waals surface area contributed by atoms with Crippen LogP contribution in [0.1, 0.15) is 33.6 Å². The summed E-state index contributed by atoms with van der Waals surface area (Å²) in [5.41, 5.74) is 0.457. The fraction of sp³-hybridized carbons (Fsp3) is 0.450. The van der Waals surface area contributed by atoms with Crippen LogP contribution in [0.5, 0.6) is 0 Å². The molecule has 0 unspecified atom stereocenters. The number of urea groups is 1. The zero-order valence-corrected chi connectivity index (χ0v) is 19.1. The summed E-state index contributed by atoms with van der Waals surface area (Å²) in [5, 5.41) is 8.35. The van der Waals surface area contributed by atoms with Gasteiger partial charge in [0.2, 0.25) is 0 Å². The first-order chi connectivity index (χ1) is 13.7. The second-order valence-corrected chi connectivity index (χ2v) is 9.68.